The Labute approximate surface area is 433 Å². The molecule has 5 aromatic carbocycles. The predicted molar refractivity (Wildman–Crippen MR) is 289 cm³/mol. The molecule has 0 spiro atoms. The average Bonchev–Trinajstić information content (AvgIpc) is 3.89. The van der Waals surface area contributed by atoms with Crippen molar-refractivity contribution in [2.75, 3.05) is 86.1 Å². The summed E-state index contributed by atoms with van der Waals surface area (Å²) in [5.74, 6) is 2.04. The number of esters is 1. The van der Waals surface area contributed by atoms with Crippen LogP contribution in [0.4, 0.5) is 28.4 Å². The lowest BCUT2D eigenvalue weighted by molar-refractivity contribution is -0.140. The number of aryl methyl sites for hydroxylation is 1. The Balaban J connectivity index is 0.997. The number of ether oxygens (including phenoxy) is 6. The zero-order valence-electron chi connectivity index (χ0n) is 42.9. The van der Waals surface area contributed by atoms with Crippen molar-refractivity contribution in [1.29, 1.82) is 0 Å². The van der Waals surface area contributed by atoms with Crippen LogP contribution in [-0.4, -0.2) is 107 Å². The van der Waals surface area contributed by atoms with Gasteiger partial charge >= 0.3 is 5.97 Å². The molecule has 4 aliphatic heterocycles. The molecule has 0 aromatic heterocycles. The van der Waals surface area contributed by atoms with E-state index in [4.69, 9.17) is 33.4 Å². The first-order valence-corrected chi connectivity index (χ1v) is 26.4. The van der Waals surface area contributed by atoms with Crippen molar-refractivity contribution in [3.8, 4) is 17.2 Å². The zero-order valence-corrected chi connectivity index (χ0v) is 43.7. The second-order valence-corrected chi connectivity index (χ2v) is 21.4. The largest absolute Gasteiger partial charge is 0.493 e. The minimum absolute atomic E-state index is 0.0114. The molecule has 2 atom stereocenters. The number of aliphatic imine (C=N–C) groups is 1. The number of amides is 2. The number of thioether (sulfide) groups is 1. The Hall–Kier alpha value is -6.55. The molecule has 73 heavy (non-hydrogen) atoms. The van der Waals surface area contributed by atoms with Gasteiger partial charge in [0.25, 0.3) is 11.8 Å². The van der Waals surface area contributed by atoms with E-state index in [1.54, 1.807) is 13.2 Å². The molecule has 1 N–H and O–H groups in total. The lowest BCUT2D eigenvalue weighted by Gasteiger charge is -2.34. The first-order chi connectivity index (χ1) is 35.4. The first kappa shape index (κ1) is 51.4. The van der Waals surface area contributed by atoms with Crippen molar-refractivity contribution >= 4 is 64.2 Å². The van der Waals surface area contributed by atoms with Crippen LogP contribution in [0.3, 0.4) is 0 Å². The molecule has 5 aromatic rings. The Morgan fingerprint density at radius 3 is 2.21 bits per heavy atom. The van der Waals surface area contributed by atoms with Crippen LogP contribution in [0.25, 0.3) is 0 Å². The van der Waals surface area contributed by atoms with Gasteiger partial charge in [-0.05, 0) is 116 Å². The molecule has 0 saturated carbocycles. The van der Waals surface area contributed by atoms with Gasteiger partial charge in [0.15, 0.2) is 11.5 Å². The number of methoxy groups -OCH3 is 2. The van der Waals surface area contributed by atoms with E-state index in [-0.39, 0.29) is 47.8 Å². The quantitative estimate of drug-likeness (QED) is 0.0492. The van der Waals surface area contributed by atoms with Gasteiger partial charge in [-0.1, -0.05) is 43.3 Å². The zero-order chi connectivity index (χ0) is 51.1. The van der Waals surface area contributed by atoms with Crippen molar-refractivity contribution in [1.82, 2.24) is 0 Å². The van der Waals surface area contributed by atoms with E-state index < -0.39 is 0 Å². The first-order valence-electron chi connectivity index (χ1n) is 25.4. The summed E-state index contributed by atoms with van der Waals surface area (Å²) in [5, 5.41) is 3.55. The van der Waals surface area contributed by atoms with E-state index in [2.05, 4.69) is 61.3 Å². The number of nitrogens with one attached hydrogen (secondary N) is 1. The summed E-state index contributed by atoms with van der Waals surface area (Å²) in [7, 11) is 3.01. The summed E-state index contributed by atoms with van der Waals surface area (Å²) in [4.78, 5) is 51.3. The molecular formula is C58H67N5O9S. The minimum Gasteiger partial charge on any atom is -0.493 e. The van der Waals surface area contributed by atoms with Gasteiger partial charge < -0.3 is 43.5 Å². The van der Waals surface area contributed by atoms with Gasteiger partial charge in [0.05, 0.1) is 68.6 Å². The highest BCUT2D eigenvalue weighted by Gasteiger charge is 2.39. The summed E-state index contributed by atoms with van der Waals surface area (Å²) in [6, 6.07) is 29.8. The van der Waals surface area contributed by atoms with Crippen molar-refractivity contribution in [2.45, 2.75) is 89.8 Å². The van der Waals surface area contributed by atoms with Crippen molar-refractivity contribution in [3.63, 3.8) is 0 Å². The van der Waals surface area contributed by atoms with Gasteiger partial charge in [0, 0.05) is 79.2 Å². The molecule has 0 radical (unpaired) electrons. The summed E-state index contributed by atoms with van der Waals surface area (Å²) in [6.45, 7) is 13.0. The summed E-state index contributed by atoms with van der Waals surface area (Å²) in [6.07, 6.45) is 5.41. The lowest BCUT2D eigenvalue weighted by atomic mass is 10.1. The normalized spacial score (nSPS) is 16.3. The minimum atomic E-state index is -0.214. The standard InChI is InChI=1S/C58H67N5O9S/c1-7-19-69-21-22-70-20-18-61(37-58(3,4)73-23-12-17-55(64)68-6)43-26-39(35-71-52-31-48-46(24-38(52)2)56(65)62-44(33-59-48)28-41-13-8-10-15-50(41)62)25-40(27-43)36-72-54-32-49-47(30-53(54)67-5)57(66)63-45(34-60-49)29-42-14-9-11-16-51(42)63/h8-11,13-16,24-27,30-33,44-45,60H,7,12,17-23,28-29,34-37H2,1-6H3/t44-,45-/m0/s1. The second kappa shape index (κ2) is 23.1. The monoisotopic (exact) mass is 1010 g/mol. The average molecular weight is 1010 g/mol. The Morgan fingerprint density at radius 2 is 1.48 bits per heavy atom. The number of hydrogen-bond donors (Lipinski definition) is 1. The number of para-hydroxylation sites is 2. The number of hydrogen-bond acceptors (Lipinski definition) is 13. The van der Waals surface area contributed by atoms with E-state index in [1.807, 2.05) is 89.3 Å². The van der Waals surface area contributed by atoms with E-state index in [1.165, 1.54) is 7.11 Å². The van der Waals surface area contributed by atoms with Crippen LogP contribution < -0.4 is 34.2 Å². The molecule has 0 unspecified atom stereocenters. The number of carbonyl (C=O) groups excluding carboxylic acids is 3. The van der Waals surface area contributed by atoms with E-state index in [0.717, 1.165) is 69.9 Å². The number of carbonyl (C=O) groups is 3. The van der Waals surface area contributed by atoms with Crippen molar-refractivity contribution < 1.29 is 42.8 Å². The molecule has 15 heteroatoms. The highest BCUT2D eigenvalue weighted by molar-refractivity contribution is 8.00. The van der Waals surface area contributed by atoms with E-state index in [9.17, 15) is 14.4 Å². The molecule has 14 nitrogen and oxygen atoms in total. The summed E-state index contributed by atoms with van der Waals surface area (Å²) >= 11 is 1.82. The highest BCUT2D eigenvalue weighted by Crippen LogP contribution is 2.42. The Morgan fingerprint density at radius 1 is 0.795 bits per heavy atom. The van der Waals surface area contributed by atoms with Crippen molar-refractivity contribution in [2.24, 2.45) is 4.99 Å². The fourth-order valence-electron chi connectivity index (χ4n) is 10.1. The fourth-order valence-corrected chi connectivity index (χ4v) is 11.2. The third kappa shape index (κ3) is 11.8. The van der Waals surface area contributed by atoms with Crippen LogP contribution in [0.5, 0.6) is 17.2 Å². The Bertz CT molecular complexity index is 2850. The molecular weight excluding hydrogens is 943 g/mol. The molecule has 4 heterocycles. The maximum Gasteiger partial charge on any atom is 0.305 e. The number of benzene rings is 5. The second-order valence-electron chi connectivity index (χ2n) is 19.6. The third-order valence-corrected chi connectivity index (χ3v) is 15.1. The van der Waals surface area contributed by atoms with Crippen LogP contribution in [0.15, 0.2) is 96.0 Å². The third-order valence-electron chi connectivity index (χ3n) is 13.7. The number of anilines is 4. The van der Waals surface area contributed by atoms with Gasteiger partial charge in [-0.2, -0.15) is 11.8 Å². The van der Waals surface area contributed by atoms with Gasteiger partial charge in [-0.3, -0.25) is 24.3 Å². The number of fused-ring (bicyclic) bond motifs is 8. The molecule has 0 bridgehead atoms. The van der Waals surface area contributed by atoms with Gasteiger partial charge in [-0.15, -0.1) is 0 Å². The van der Waals surface area contributed by atoms with Crippen LogP contribution in [-0.2, 0) is 45.1 Å². The number of nitrogens with zero attached hydrogens (tertiary/aromatic N) is 4. The van der Waals surface area contributed by atoms with E-state index in [0.29, 0.717) is 98.7 Å². The summed E-state index contributed by atoms with van der Waals surface area (Å²) < 4.78 is 35.8. The molecule has 0 fully saturated rings. The van der Waals surface area contributed by atoms with Gasteiger partial charge in [-0.25, -0.2) is 0 Å². The van der Waals surface area contributed by atoms with E-state index >= 15 is 0 Å². The maximum atomic E-state index is 14.2. The molecule has 4 aliphatic rings. The molecule has 0 aliphatic carbocycles. The highest BCUT2D eigenvalue weighted by atomic mass is 32.2. The number of rotatable bonds is 23. The fraction of sp³-hybridized carbons (Fsp3) is 0.414. The molecule has 2 amide bonds. The SMILES string of the molecule is CCCOCCOCCN(CC(C)(C)SCCCC(=O)OC)c1cc(COc2cc3c(cc2C)C(=O)N2c4ccccc4C[C@H]2C=N3)cc(COc2cc3c(cc2OC)C(=O)N2c4ccccc4C[C@H]2CN3)c1. The van der Waals surface area contributed by atoms with Crippen LogP contribution in [0.2, 0.25) is 0 Å². The van der Waals surface area contributed by atoms with Crippen LogP contribution in [0.1, 0.15) is 88.6 Å². The van der Waals surface area contributed by atoms with Crippen molar-refractivity contribution in [3.05, 3.63) is 130 Å². The Kier molecular flexibility index (Phi) is 16.3. The lowest BCUT2D eigenvalue weighted by Crippen LogP contribution is -2.39. The summed E-state index contributed by atoms with van der Waals surface area (Å²) in [5.41, 5.74) is 10.1. The van der Waals surface area contributed by atoms with Crippen LogP contribution >= 0.6 is 11.8 Å². The van der Waals surface area contributed by atoms with Crippen LogP contribution in [0, 0.1) is 6.92 Å². The molecule has 0 saturated heterocycles. The van der Waals surface area contributed by atoms with Gasteiger partial charge in [0.1, 0.15) is 19.0 Å². The predicted octanol–water partition coefficient (Wildman–Crippen LogP) is 10.2. The smallest absolute Gasteiger partial charge is 0.305 e. The topological polar surface area (TPSA) is 141 Å². The molecule has 384 valence electrons. The van der Waals surface area contributed by atoms with Gasteiger partial charge in [0.2, 0.25) is 0 Å². The molecule has 9 rings (SSSR count). The maximum absolute atomic E-state index is 14.2.